The van der Waals surface area contributed by atoms with E-state index in [0.717, 1.165) is 23.9 Å². The molecule has 0 atom stereocenters. The minimum Gasteiger partial charge on any atom is -0.504 e. The summed E-state index contributed by atoms with van der Waals surface area (Å²) >= 11 is 0. The second-order valence-electron chi connectivity index (χ2n) is 6.98. The molecule has 4 rings (SSSR count). The number of nitrogens with one attached hydrogen (secondary N) is 1. The standard InChI is InChI=1S/C24H18N4O5/c1-33-22-12-17(28(31)32)11-16(23(22)29)14-25-27-24(30)19-13-21(15-7-3-2-4-8-15)26-20-10-6-5-9-18(19)20/h2-14,29H,1H3,(H,27,30)/b25-14-. The number of fused-ring (bicyclic) bond motifs is 1. The van der Waals surface area contributed by atoms with Gasteiger partial charge in [-0.1, -0.05) is 48.5 Å². The van der Waals surface area contributed by atoms with Gasteiger partial charge in [-0.15, -0.1) is 0 Å². The highest BCUT2D eigenvalue weighted by atomic mass is 16.6. The van der Waals surface area contributed by atoms with Crippen molar-refractivity contribution in [2.75, 3.05) is 7.11 Å². The van der Waals surface area contributed by atoms with Crippen LogP contribution in [-0.2, 0) is 0 Å². The van der Waals surface area contributed by atoms with E-state index in [1.54, 1.807) is 18.2 Å². The van der Waals surface area contributed by atoms with Gasteiger partial charge in [-0.05, 0) is 12.1 Å². The number of carbonyl (C=O) groups is 1. The van der Waals surface area contributed by atoms with Crippen LogP contribution in [-0.4, -0.2) is 34.2 Å². The fourth-order valence-corrected chi connectivity index (χ4v) is 3.31. The first-order valence-electron chi connectivity index (χ1n) is 9.82. The fraction of sp³-hybridized carbons (Fsp3) is 0.0417. The molecule has 4 aromatic rings. The Bertz CT molecular complexity index is 1390. The number of phenolic OH excluding ortho intramolecular Hbond substituents is 1. The molecule has 1 amide bonds. The van der Waals surface area contributed by atoms with Crippen LogP contribution in [0.15, 0.2) is 77.9 Å². The molecule has 0 aliphatic heterocycles. The molecule has 0 spiro atoms. The summed E-state index contributed by atoms with van der Waals surface area (Å²) in [7, 11) is 1.28. The number of non-ortho nitro benzene ring substituents is 1. The predicted octanol–water partition coefficient (Wildman–Crippen LogP) is 4.29. The first-order chi connectivity index (χ1) is 16.0. The van der Waals surface area contributed by atoms with Crippen molar-refractivity contribution in [1.29, 1.82) is 0 Å². The van der Waals surface area contributed by atoms with Gasteiger partial charge in [-0.3, -0.25) is 14.9 Å². The molecular formula is C24H18N4O5. The van der Waals surface area contributed by atoms with Gasteiger partial charge >= 0.3 is 0 Å². The average Bonchev–Trinajstić information content (AvgIpc) is 2.84. The topological polar surface area (TPSA) is 127 Å². The monoisotopic (exact) mass is 442 g/mol. The Morgan fingerprint density at radius 3 is 2.58 bits per heavy atom. The number of carbonyl (C=O) groups excluding carboxylic acids is 1. The zero-order valence-electron chi connectivity index (χ0n) is 17.4. The van der Waals surface area contributed by atoms with E-state index in [9.17, 15) is 20.0 Å². The van der Waals surface area contributed by atoms with Crippen LogP contribution in [0.1, 0.15) is 15.9 Å². The molecule has 0 radical (unpaired) electrons. The highest BCUT2D eigenvalue weighted by Gasteiger charge is 2.17. The predicted molar refractivity (Wildman–Crippen MR) is 124 cm³/mol. The molecule has 1 heterocycles. The quantitative estimate of drug-likeness (QED) is 0.261. The summed E-state index contributed by atoms with van der Waals surface area (Å²) in [6.07, 6.45) is 1.12. The van der Waals surface area contributed by atoms with Gasteiger partial charge in [0.15, 0.2) is 11.5 Å². The minimum absolute atomic E-state index is 0.0194. The molecular weight excluding hydrogens is 424 g/mol. The molecule has 3 aromatic carbocycles. The molecule has 9 nitrogen and oxygen atoms in total. The number of aromatic nitrogens is 1. The second kappa shape index (κ2) is 9.15. The molecule has 2 N–H and O–H groups in total. The highest BCUT2D eigenvalue weighted by Crippen LogP contribution is 2.33. The largest absolute Gasteiger partial charge is 0.504 e. The Kier molecular flexibility index (Phi) is 5.94. The molecule has 0 aliphatic carbocycles. The molecule has 1 aromatic heterocycles. The van der Waals surface area contributed by atoms with E-state index in [1.165, 1.54) is 7.11 Å². The van der Waals surface area contributed by atoms with Crippen molar-refractivity contribution in [3.63, 3.8) is 0 Å². The number of ether oxygens (including phenoxy) is 1. The van der Waals surface area contributed by atoms with E-state index in [2.05, 4.69) is 15.5 Å². The van der Waals surface area contributed by atoms with Crippen LogP contribution in [0.5, 0.6) is 11.5 Å². The summed E-state index contributed by atoms with van der Waals surface area (Å²) in [5.74, 6) is -0.912. The first-order valence-corrected chi connectivity index (χ1v) is 9.82. The maximum Gasteiger partial charge on any atom is 0.274 e. The Morgan fingerprint density at radius 2 is 1.85 bits per heavy atom. The van der Waals surface area contributed by atoms with Gasteiger partial charge in [0.1, 0.15) is 0 Å². The summed E-state index contributed by atoms with van der Waals surface area (Å²) in [6, 6.07) is 20.6. The zero-order valence-corrected chi connectivity index (χ0v) is 17.4. The van der Waals surface area contributed by atoms with E-state index in [4.69, 9.17) is 4.74 Å². The number of hydrogen-bond acceptors (Lipinski definition) is 7. The number of nitro groups is 1. The third kappa shape index (κ3) is 4.47. The van der Waals surface area contributed by atoms with Crippen LogP contribution in [0.25, 0.3) is 22.2 Å². The minimum atomic E-state index is -0.619. The van der Waals surface area contributed by atoms with Crippen molar-refractivity contribution < 1.29 is 19.6 Å². The van der Waals surface area contributed by atoms with Crippen molar-refractivity contribution in [1.82, 2.24) is 10.4 Å². The van der Waals surface area contributed by atoms with Crippen LogP contribution in [0.3, 0.4) is 0 Å². The third-order valence-electron chi connectivity index (χ3n) is 4.92. The van der Waals surface area contributed by atoms with Crippen molar-refractivity contribution in [2.24, 2.45) is 5.10 Å². The lowest BCUT2D eigenvalue weighted by molar-refractivity contribution is -0.385. The van der Waals surface area contributed by atoms with Gasteiger partial charge in [0.2, 0.25) is 0 Å². The molecule has 33 heavy (non-hydrogen) atoms. The third-order valence-corrected chi connectivity index (χ3v) is 4.92. The number of pyridine rings is 1. The van der Waals surface area contributed by atoms with Crippen molar-refractivity contribution in [2.45, 2.75) is 0 Å². The molecule has 0 aliphatic rings. The van der Waals surface area contributed by atoms with Crippen molar-refractivity contribution in [3.05, 3.63) is 94.0 Å². The number of benzene rings is 3. The van der Waals surface area contributed by atoms with E-state index in [1.807, 2.05) is 42.5 Å². The number of rotatable bonds is 6. The summed E-state index contributed by atoms with van der Waals surface area (Å²) in [5.41, 5.74) is 4.64. The zero-order chi connectivity index (χ0) is 23.4. The number of aromatic hydroxyl groups is 1. The van der Waals surface area contributed by atoms with Crippen LogP contribution < -0.4 is 10.2 Å². The summed E-state index contributed by atoms with van der Waals surface area (Å²) in [6.45, 7) is 0. The van der Waals surface area contributed by atoms with Crippen LogP contribution in [0.4, 0.5) is 5.69 Å². The summed E-state index contributed by atoms with van der Waals surface area (Å²) in [5, 5.41) is 25.9. The Morgan fingerprint density at radius 1 is 1.12 bits per heavy atom. The molecule has 0 unspecified atom stereocenters. The number of phenols is 1. The Hall–Kier alpha value is -4.79. The molecule has 9 heteroatoms. The number of hydrogen-bond donors (Lipinski definition) is 2. The smallest absolute Gasteiger partial charge is 0.274 e. The van der Waals surface area contributed by atoms with E-state index in [-0.39, 0.29) is 22.7 Å². The second-order valence-corrected chi connectivity index (χ2v) is 6.98. The summed E-state index contributed by atoms with van der Waals surface area (Å²) in [4.78, 5) is 28.1. The van der Waals surface area contributed by atoms with Crippen molar-refractivity contribution in [3.8, 4) is 22.8 Å². The van der Waals surface area contributed by atoms with Gasteiger partial charge in [0, 0.05) is 22.6 Å². The average molecular weight is 442 g/mol. The molecule has 0 fully saturated rings. The lowest BCUT2D eigenvalue weighted by atomic mass is 10.0. The number of nitro benzene ring substituents is 1. The van der Waals surface area contributed by atoms with Gasteiger partial charge in [0.05, 0.1) is 41.1 Å². The Labute approximate surface area is 188 Å². The molecule has 0 saturated heterocycles. The van der Waals surface area contributed by atoms with Crippen molar-refractivity contribution >= 4 is 28.7 Å². The lowest BCUT2D eigenvalue weighted by Crippen LogP contribution is -2.18. The first kappa shape index (κ1) is 21.4. The lowest BCUT2D eigenvalue weighted by Gasteiger charge is -2.09. The fourth-order valence-electron chi connectivity index (χ4n) is 3.31. The van der Waals surface area contributed by atoms with Gasteiger partial charge in [0.25, 0.3) is 11.6 Å². The number of amides is 1. The van der Waals surface area contributed by atoms with Gasteiger partial charge < -0.3 is 9.84 Å². The molecule has 0 saturated carbocycles. The maximum atomic E-state index is 13.0. The van der Waals surface area contributed by atoms with Crippen LogP contribution >= 0.6 is 0 Å². The van der Waals surface area contributed by atoms with Gasteiger partial charge in [-0.25, -0.2) is 10.4 Å². The number of nitrogens with zero attached hydrogens (tertiary/aromatic N) is 3. The van der Waals surface area contributed by atoms with Gasteiger partial charge in [-0.2, -0.15) is 5.10 Å². The normalized spacial score (nSPS) is 10.9. The van der Waals surface area contributed by atoms with E-state index >= 15 is 0 Å². The number of methoxy groups -OCH3 is 1. The van der Waals surface area contributed by atoms with E-state index < -0.39 is 10.8 Å². The number of hydrazone groups is 1. The van der Waals surface area contributed by atoms with E-state index in [0.29, 0.717) is 22.2 Å². The number of para-hydroxylation sites is 1. The Balaban J connectivity index is 1.67. The molecule has 0 bridgehead atoms. The highest BCUT2D eigenvalue weighted by molar-refractivity contribution is 6.07. The van der Waals surface area contributed by atoms with Crippen LogP contribution in [0.2, 0.25) is 0 Å². The maximum absolute atomic E-state index is 13.0. The molecule has 164 valence electrons. The summed E-state index contributed by atoms with van der Waals surface area (Å²) < 4.78 is 4.97. The van der Waals surface area contributed by atoms with Crippen LogP contribution in [0, 0.1) is 10.1 Å². The SMILES string of the molecule is COc1cc([N+](=O)[O-])cc(/C=N\NC(=O)c2cc(-c3ccccc3)nc3ccccc23)c1O.